The van der Waals surface area contributed by atoms with Crippen LogP contribution < -0.4 is 10.6 Å². The number of carbonyl (C=O) groups excluding carboxylic acids is 2. The van der Waals surface area contributed by atoms with Gasteiger partial charge in [-0.15, -0.1) is 11.8 Å². The van der Waals surface area contributed by atoms with Crippen LogP contribution in [0.15, 0.2) is 29.2 Å². The second-order valence-electron chi connectivity index (χ2n) is 7.51. The first-order valence-corrected chi connectivity index (χ1v) is 10.9. The van der Waals surface area contributed by atoms with Gasteiger partial charge in [-0.25, -0.2) is 0 Å². The predicted molar refractivity (Wildman–Crippen MR) is 115 cm³/mol. The van der Waals surface area contributed by atoms with Gasteiger partial charge in [-0.2, -0.15) is 0 Å². The molecule has 0 bridgehead atoms. The topological polar surface area (TPSA) is 81.7 Å². The Balaban J connectivity index is 2.29. The minimum atomic E-state index is -0.457. The molecule has 1 aromatic rings. The summed E-state index contributed by atoms with van der Waals surface area (Å²) in [7, 11) is 3.67. The van der Waals surface area contributed by atoms with Crippen LogP contribution in [0.3, 0.4) is 0 Å². The predicted octanol–water partition coefficient (Wildman–Crippen LogP) is 3.21. The molecule has 2 amide bonds. The molecule has 0 aliphatic heterocycles. The summed E-state index contributed by atoms with van der Waals surface area (Å²) in [5.41, 5.74) is 0. The molecule has 0 aliphatic rings. The van der Waals surface area contributed by atoms with E-state index in [0.717, 1.165) is 36.6 Å². The molecular weight excluding hydrogens is 374 g/mol. The molecule has 0 saturated heterocycles. The van der Waals surface area contributed by atoms with Crippen LogP contribution in [-0.2, 0) is 9.59 Å². The number of thioether (sulfide) groups is 1. The highest BCUT2D eigenvalue weighted by atomic mass is 32.2. The van der Waals surface area contributed by atoms with Gasteiger partial charge in [0.1, 0.15) is 11.8 Å². The number of unbranched alkanes of at least 4 members (excludes halogenated alkanes) is 1. The largest absolute Gasteiger partial charge is 0.508 e. The second kappa shape index (κ2) is 13.4. The molecule has 28 heavy (non-hydrogen) atoms. The molecule has 0 saturated carbocycles. The number of benzene rings is 1. The molecular formula is C21H35N3O3S. The summed E-state index contributed by atoms with van der Waals surface area (Å²) in [4.78, 5) is 27.4. The SMILES string of the molecule is CNC(=O)C(CCCCN(C)CSc1ccc(O)cc1)NC(=O)CCC(C)C. The Hall–Kier alpha value is -1.73. The van der Waals surface area contributed by atoms with E-state index in [-0.39, 0.29) is 17.6 Å². The van der Waals surface area contributed by atoms with Crippen LogP contribution in [0.4, 0.5) is 0 Å². The summed E-state index contributed by atoms with van der Waals surface area (Å²) < 4.78 is 0. The van der Waals surface area contributed by atoms with Gasteiger partial charge in [0, 0.05) is 24.2 Å². The van der Waals surface area contributed by atoms with E-state index in [1.807, 2.05) is 12.1 Å². The molecule has 0 spiro atoms. The Morgan fingerprint density at radius 3 is 2.43 bits per heavy atom. The van der Waals surface area contributed by atoms with Gasteiger partial charge in [0.15, 0.2) is 0 Å². The van der Waals surface area contributed by atoms with E-state index in [4.69, 9.17) is 0 Å². The summed E-state index contributed by atoms with van der Waals surface area (Å²) in [5.74, 6) is 1.42. The average molecular weight is 410 g/mol. The van der Waals surface area contributed by atoms with Crippen molar-refractivity contribution in [3.63, 3.8) is 0 Å². The lowest BCUT2D eigenvalue weighted by atomic mass is 10.1. The van der Waals surface area contributed by atoms with E-state index in [1.54, 1.807) is 30.9 Å². The molecule has 6 nitrogen and oxygen atoms in total. The number of phenols is 1. The van der Waals surface area contributed by atoms with Crippen LogP contribution in [0.1, 0.15) is 46.0 Å². The molecule has 3 N–H and O–H groups in total. The van der Waals surface area contributed by atoms with Gasteiger partial charge in [-0.05, 0) is 69.5 Å². The van der Waals surface area contributed by atoms with Gasteiger partial charge in [0.25, 0.3) is 0 Å². The highest BCUT2D eigenvalue weighted by Gasteiger charge is 2.19. The first-order chi connectivity index (χ1) is 13.3. The number of likely N-dealkylation sites (N-methyl/N-ethyl adjacent to an activating group) is 1. The van der Waals surface area contributed by atoms with E-state index >= 15 is 0 Å². The van der Waals surface area contributed by atoms with Crippen molar-refractivity contribution in [1.29, 1.82) is 0 Å². The Morgan fingerprint density at radius 1 is 1.14 bits per heavy atom. The third-order valence-corrected chi connectivity index (χ3v) is 5.59. The maximum absolute atomic E-state index is 12.0. The zero-order chi connectivity index (χ0) is 20.9. The zero-order valence-corrected chi connectivity index (χ0v) is 18.3. The maximum Gasteiger partial charge on any atom is 0.242 e. The van der Waals surface area contributed by atoms with Crippen LogP contribution in [0.2, 0.25) is 0 Å². The number of nitrogens with zero attached hydrogens (tertiary/aromatic N) is 1. The Kier molecular flexibility index (Phi) is 11.7. The summed E-state index contributed by atoms with van der Waals surface area (Å²) in [5, 5.41) is 14.8. The van der Waals surface area contributed by atoms with Crippen molar-refractivity contribution in [2.75, 3.05) is 26.5 Å². The quantitative estimate of drug-likeness (QED) is 0.265. The lowest BCUT2D eigenvalue weighted by molar-refractivity contribution is -0.129. The van der Waals surface area contributed by atoms with Crippen molar-refractivity contribution >= 4 is 23.6 Å². The molecule has 7 heteroatoms. The number of rotatable bonds is 13. The number of hydrogen-bond acceptors (Lipinski definition) is 5. The number of nitrogens with one attached hydrogen (secondary N) is 2. The Bertz CT molecular complexity index is 593. The van der Waals surface area contributed by atoms with Crippen molar-refractivity contribution in [2.24, 2.45) is 5.92 Å². The van der Waals surface area contributed by atoms with Gasteiger partial charge in [0.2, 0.25) is 11.8 Å². The third kappa shape index (κ3) is 10.6. The second-order valence-corrected chi connectivity index (χ2v) is 8.53. The van der Waals surface area contributed by atoms with E-state index in [2.05, 4.69) is 36.4 Å². The van der Waals surface area contributed by atoms with Gasteiger partial charge in [0.05, 0.1) is 0 Å². The zero-order valence-electron chi connectivity index (χ0n) is 17.5. The first-order valence-electron chi connectivity index (χ1n) is 9.93. The van der Waals surface area contributed by atoms with E-state index in [1.165, 1.54) is 0 Å². The molecule has 0 aliphatic carbocycles. The molecule has 1 rings (SSSR count). The minimum absolute atomic E-state index is 0.0512. The van der Waals surface area contributed by atoms with Crippen molar-refractivity contribution < 1.29 is 14.7 Å². The van der Waals surface area contributed by atoms with Crippen LogP contribution in [-0.4, -0.2) is 54.4 Å². The minimum Gasteiger partial charge on any atom is -0.508 e. The molecule has 0 fully saturated rings. The molecule has 0 heterocycles. The first kappa shape index (κ1) is 24.3. The van der Waals surface area contributed by atoms with Crippen LogP contribution in [0.25, 0.3) is 0 Å². The summed E-state index contributed by atoms with van der Waals surface area (Å²) in [6.45, 7) is 5.09. The molecule has 1 aromatic carbocycles. The fourth-order valence-electron chi connectivity index (χ4n) is 2.65. The summed E-state index contributed by atoms with van der Waals surface area (Å²) >= 11 is 1.72. The molecule has 158 valence electrons. The Labute approximate surface area is 173 Å². The monoisotopic (exact) mass is 409 g/mol. The van der Waals surface area contributed by atoms with Crippen molar-refractivity contribution in [3.05, 3.63) is 24.3 Å². The lowest BCUT2D eigenvalue weighted by Crippen LogP contribution is -2.45. The van der Waals surface area contributed by atoms with Crippen molar-refractivity contribution in [1.82, 2.24) is 15.5 Å². The van der Waals surface area contributed by atoms with E-state index in [9.17, 15) is 14.7 Å². The average Bonchev–Trinajstić information content (AvgIpc) is 2.67. The summed E-state index contributed by atoms with van der Waals surface area (Å²) in [6, 6.07) is 6.74. The highest BCUT2D eigenvalue weighted by molar-refractivity contribution is 7.99. The molecule has 1 atom stereocenters. The number of aromatic hydroxyl groups is 1. The molecule has 0 aromatic heterocycles. The van der Waals surface area contributed by atoms with Gasteiger partial charge in [-0.3, -0.25) is 14.5 Å². The summed E-state index contributed by atoms with van der Waals surface area (Å²) in [6.07, 6.45) is 3.77. The van der Waals surface area contributed by atoms with Gasteiger partial charge >= 0.3 is 0 Å². The van der Waals surface area contributed by atoms with Gasteiger partial charge < -0.3 is 15.7 Å². The fourth-order valence-corrected chi connectivity index (χ4v) is 3.48. The molecule has 0 radical (unpaired) electrons. The number of carbonyl (C=O) groups is 2. The fraction of sp³-hybridized carbons (Fsp3) is 0.619. The highest BCUT2D eigenvalue weighted by Crippen LogP contribution is 2.21. The number of phenolic OH excluding ortho intramolecular Hbond substituents is 1. The standard InChI is InChI=1S/C21H35N3O3S/c1-16(2)8-13-20(26)23-19(21(27)22-3)7-5-6-14-24(4)15-28-18-11-9-17(25)10-12-18/h9-12,16,19,25H,5-8,13-15H2,1-4H3,(H,22,27)(H,23,26). The van der Waals surface area contributed by atoms with Crippen LogP contribution in [0, 0.1) is 5.92 Å². The van der Waals surface area contributed by atoms with E-state index < -0.39 is 6.04 Å². The van der Waals surface area contributed by atoms with Crippen molar-refractivity contribution in [2.45, 2.75) is 56.9 Å². The smallest absolute Gasteiger partial charge is 0.242 e. The third-order valence-electron chi connectivity index (χ3n) is 4.42. The Morgan fingerprint density at radius 2 is 1.82 bits per heavy atom. The van der Waals surface area contributed by atoms with E-state index in [0.29, 0.717) is 18.8 Å². The van der Waals surface area contributed by atoms with Crippen molar-refractivity contribution in [3.8, 4) is 5.75 Å². The van der Waals surface area contributed by atoms with Crippen LogP contribution >= 0.6 is 11.8 Å². The molecule has 1 unspecified atom stereocenters. The number of amides is 2. The van der Waals surface area contributed by atoms with Gasteiger partial charge in [-0.1, -0.05) is 13.8 Å². The lowest BCUT2D eigenvalue weighted by Gasteiger charge is -2.19. The van der Waals surface area contributed by atoms with Crippen LogP contribution in [0.5, 0.6) is 5.75 Å². The number of hydrogen-bond donors (Lipinski definition) is 3. The maximum atomic E-state index is 12.0. The normalized spacial score (nSPS) is 12.2.